The lowest BCUT2D eigenvalue weighted by atomic mass is 10.3. The van der Waals surface area contributed by atoms with Crippen molar-refractivity contribution in [2.75, 3.05) is 16.3 Å². The molecule has 0 bridgehead atoms. The molecule has 28 heavy (non-hydrogen) atoms. The standard InChI is InChI=1S/C17H24FN5O3S2/c1-5-12(2)19-16(24)11-27-17-21-20-15(22(17)3)10-23(28(4,25)26)14-8-6-13(18)7-9-14/h6-9,12H,5,10-11H2,1-4H3,(H,19,24)/t12-/m1/s1. The van der Waals surface area contributed by atoms with Gasteiger partial charge in [-0.15, -0.1) is 10.2 Å². The van der Waals surface area contributed by atoms with Crippen molar-refractivity contribution in [1.82, 2.24) is 20.1 Å². The Morgan fingerprint density at radius 2 is 1.96 bits per heavy atom. The van der Waals surface area contributed by atoms with Crippen molar-refractivity contribution in [1.29, 1.82) is 0 Å². The summed E-state index contributed by atoms with van der Waals surface area (Å²) in [5, 5.41) is 11.5. The second kappa shape index (κ2) is 9.37. The van der Waals surface area contributed by atoms with Crippen molar-refractivity contribution in [3.63, 3.8) is 0 Å². The first-order valence-corrected chi connectivity index (χ1v) is 11.5. The number of amides is 1. The molecule has 8 nitrogen and oxygen atoms in total. The maximum atomic E-state index is 13.2. The lowest BCUT2D eigenvalue weighted by Crippen LogP contribution is -2.33. The summed E-state index contributed by atoms with van der Waals surface area (Å²) in [5.74, 6) is 0.0297. The summed E-state index contributed by atoms with van der Waals surface area (Å²) >= 11 is 1.22. The molecule has 2 aromatic rings. The Hall–Kier alpha value is -2.14. The summed E-state index contributed by atoms with van der Waals surface area (Å²) in [6.07, 6.45) is 1.91. The molecule has 0 aliphatic rings. The van der Waals surface area contributed by atoms with E-state index in [1.54, 1.807) is 11.6 Å². The summed E-state index contributed by atoms with van der Waals surface area (Å²) in [4.78, 5) is 11.9. The van der Waals surface area contributed by atoms with Crippen molar-refractivity contribution >= 4 is 33.4 Å². The number of rotatable bonds is 9. The molecule has 0 radical (unpaired) electrons. The number of aromatic nitrogens is 3. The van der Waals surface area contributed by atoms with Gasteiger partial charge >= 0.3 is 0 Å². The van der Waals surface area contributed by atoms with Crippen LogP contribution < -0.4 is 9.62 Å². The quantitative estimate of drug-likeness (QED) is 0.612. The van der Waals surface area contributed by atoms with E-state index < -0.39 is 15.8 Å². The molecule has 1 aromatic heterocycles. The number of halogens is 1. The van der Waals surface area contributed by atoms with E-state index in [1.807, 2.05) is 13.8 Å². The van der Waals surface area contributed by atoms with Gasteiger partial charge in [0.25, 0.3) is 0 Å². The highest BCUT2D eigenvalue weighted by Gasteiger charge is 2.22. The summed E-state index contributed by atoms with van der Waals surface area (Å²) in [7, 11) is -1.92. The van der Waals surface area contributed by atoms with Crippen molar-refractivity contribution < 1.29 is 17.6 Å². The van der Waals surface area contributed by atoms with E-state index in [9.17, 15) is 17.6 Å². The van der Waals surface area contributed by atoms with Gasteiger partial charge in [-0.05, 0) is 37.6 Å². The predicted molar refractivity (Wildman–Crippen MR) is 107 cm³/mol. The van der Waals surface area contributed by atoms with Crippen LogP contribution in [0.2, 0.25) is 0 Å². The molecule has 11 heteroatoms. The summed E-state index contributed by atoms with van der Waals surface area (Å²) in [5.41, 5.74) is 0.328. The van der Waals surface area contributed by atoms with Gasteiger partial charge < -0.3 is 9.88 Å². The van der Waals surface area contributed by atoms with Crippen molar-refractivity contribution in [3.05, 3.63) is 35.9 Å². The molecule has 1 heterocycles. The van der Waals surface area contributed by atoms with Crippen LogP contribution in [0.3, 0.4) is 0 Å². The van der Waals surface area contributed by atoms with Crippen LogP contribution >= 0.6 is 11.8 Å². The first kappa shape index (κ1) is 22.2. The number of nitrogens with one attached hydrogen (secondary N) is 1. The monoisotopic (exact) mass is 429 g/mol. The van der Waals surface area contributed by atoms with E-state index in [4.69, 9.17) is 0 Å². The number of benzene rings is 1. The number of hydrogen-bond donors (Lipinski definition) is 1. The predicted octanol–water partition coefficient (Wildman–Crippen LogP) is 1.93. The van der Waals surface area contributed by atoms with Crippen LogP contribution in [-0.4, -0.2) is 47.1 Å². The van der Waals surface area contributed by atoms with Gasteiger partial charge in [-0.3, -0.25) is 9.10 Å². The van der Waals surface area contributed by atoms with Gasteiger partial charge in [0.05, 0.1) is 24.2 Å². The Labute approximate surface area is 168 Å². The molecule has 1 N–H and O–H groups in total. The summed E-state index contributed by atoms with van der Waals surface area (Å²) in [6, 6.07) is 5.27. The molecule has 154 valence electrons. The third-order valence-electron chi connectivity index (χ3n) is 4.08. The molecule has 1 aromatic carbocycles. The molecule has 1 atom stereocenters. The maximum Gasteiger partial charge on any atom is 0.232 e. The average Bonchev–Trinajstić information content (AvgIpc) is 2.97. The fraction of sp³-hybridized carbons (Fsp3) is 0.471. The second-order valence-corrected chi connectivity index (χ2v) is 9.22. The minimum atomic E-state index is -3.62. The maximum absolute atomic E-state index is 13.2. The van der Waals surface area contributed by atoms with Crippen LogP contribution in [0.15, 0.2) is 29.4 Å². The minimum absolute atomic E-state index is 0.0619. The molecule has 2 rings (SSSR count). The minimum Gasteiger partial charge on any atom is -0.353 e. The van der Waals surface area contributed by atoms with Crippen molar-refractivity contribution in [2.45, 2.75) is 38.0 Å². The zero-order valence-corrected chi connectivity index (χ0v) is 17.8. The van der Waals surface area contributed by atoms with E-state index in [1.165, 1.54) is 36.0 Å². The van der Waals surface area contributed by atoms with E-state index >= 15 is 0 Å². The van der Waals surface area contributed by atoms with Crippen LogP contribution in [0, 0.1) is 5.82 Å². The molecular formula is C17H24FN5O3S2. The number of carbonyl (C=O) groups excluding carboxylic acids is 1. The van der Waals surface area contributed by atoms with Gasteiger partial charge in [0, 0.05) is 13.1 Å². The molecular weight excluding hydrogens is 405 g/mol. The molecule has 0 saturated heterocycles. The zero-order valence-electron chi connectivity index (χ0n) is 16.2. The lowest BCUT2D eigenvalue weighted by molar-refractivity contribution is -0.119. The summed E-state index contributed by atoms with van der Waals surface area (Å²) < 4.78 is 40.3. The third-order valence-corrected chi connectivity index (χ3v) is 6.24. The van der Waals surface area contributed by atoms with Gasteiger partial charge in [0.1, 0.15) is 5.82 Å². The van der Waals surface area contributed by atoms with E-state index in [2.05, 4.69) is 15.5 Å². The SMILES string of the molecule is CC[C@@H](C)NC(=O)CSc1nnc(CN(c2ccc(F)cc2)S(C)(=O)=O)n1C. The Morgan fingerprint density at radius 1 is 1.32 bits per heavy atom. The Bertz CT molecular complexity index is 915. The highest BCUT2D eigenvalue weighted by atomic mass is 32.2. The molecule has 1 amide bonds. The topological polar surface area (TPSA) is 97.2 Å². The van der Waals surface area contributed by atoms with Gasteiger partial charge in [0.2, 0.25) is 15.9 Å². The molecule has 0 saturated carbocycles. The highest BCUT2D eigenvalue weighted by molar-refractivity contribution is 7.99. The Kier molecular flexibility index (Phi) is 7.41. The number of nitrogens with zero attached hydrogens (tertiary/aromatic N) is 4. The molecule has 0 unspecified atom stereocenters. The van der Waals surface area contributed by atoms with E-state index in [-0.39, 0.29) is 24.2 Å². The van der Waals surface area contributed by atoms with E-state index in [0.29, 0.717) is 16.7 Å². The van der Waals surface area contributed by atoms with Gasteiger partial charge in [-0.1, -0.05) is 18.7 Å². The number of sulfonamides is 1. The smallest absolute Gasteiger partial charge is 0.232 e. The second-order valence-electron chi connectivity index (χ2n) is 6.37. The van der Waals surface area contributed by atoms with Crippen LogP contribution in [0.1, 0.15) is 26.1 Å². The fourth-order valence-corrected chi connectivity index (χ4v) is 3.89. The van der Waals surface area contributed by atoms with Crippen molar-refractivity contribution in [3.8, 4) is 0 Å². The first-order chi connectivity index (χ1) is 13.1. The fourth-order valence-electron chi connectivity index (χ4n) is 2.29. The normalized spacial score (nSPS) is 12.6. The average molecular weight is 430 g/mol. The number of carbonyl (C=O) groups is 1. The van der Waals surface area contributed by atoms with Crippen LogP contribution in [0.5, 0.6) is 0 Å². The molecule has 0 aliphatic carbocycles. The zero-order chi connectivity index (χ0) is 20.9. The van der Waals surface area contributed by atoms with Gasteiger partial charge in [-0.25, -0.2) is 12.8 Å². The van der Waals surface area contributed by atoms with Crippen molar-refractivity contribution in [2.24, 2.45) is 7.05 Å². The Morgan fingerprint density at radius 3 is 2.54 bits per heavy atom. The third kappa shape index (κ3) is 5.93. The first-order valence-electron chi connectivity index (χ1n) is 8.65. The van der Waals surface area contributed by atoms with E-state index in [0.717, 1.165) is 17.0 Å². The number of thioether (sulfide) groups is 1. The molecule has 0 fully saturated rings. The summed E-state index contributed by atoms with van der Waals surface area (Å²) in [6.45, 7) is 3.85. The highest BCUT2D eigenvalue weighted by Crippen LogP contribution is 2.22. The Balaban J connectivity index is 2.13. The van der Waals surface area contributed by atoms with Crippen LogP contribution in [-0.2, 0) is 28.4 Å². The number of hydrogen-bond acceptors (Lipinski definition) is 6. The lowest BCUT2D eigenvalue weighted by Gasteiger charge is -2.21. The van der Waals surface area contributed by atoms with Gasteiger partial charge in [0.15, 0.2) is 11.0 Å². The molecule has 0 spiro atoms. The largest absolute Gasteiger partial charge is 0.353 e. The van der Waals surface area contributed by atoms with Crippen LogP contribution in [0.4, 0.5) is 10.1 Å². The molecule has 0 aliphatic heterocycles. The van der Waals surface area contributed by atoms with Crippen LogP contribution in [0.25, 0.3) is 0 Å². The van der Waals surface area contributed by atoms with Gasteiger partial charge in [-0.2, -0.15) is 0 Å². The number of anilines is 1.